The lowest BCUT2D eigenvalue weighted by molar-refractivity contribution is -0.131. The minimum atomic E-state index is 0.254. The third-order valence-electron chi connectivity index (χ3n) is 5.69. The minimum Gasteiger partial charge on any atom is -0.339 e. The van der Waals surface area contributed by atoms with Crippen LogP contribution < -0.4 is 0 Å². The Morgan fingerprint density at radius 1 is 1.27 bits per heavy atom. The predicted octanol–water partition coefficient (Wildman–Crippen LogP) is 4.62. The van der Waals surface area contributed by atoms with Crippen LogP contribution in [0.2, 0.25) is 0 Å². The highest BCUT2D eigenvalue weighted by Gasteiger charge is 2.26. The van der Waals surface area contributed by atoms with E-state index in [1.54, 1.807) is 11.8 Å². The van der Waals surface area contributed by atoms with Crippen LogP contribution in [-0.4, -0.2) is 39.1 Å². The van der Waals surface area contributed by atoms with E-state index >= 15 is 0 Å². The molecule has 1 fully saturated rings. The highest BCUT2D eigenvalue weighted by atomic mass is 32.2. The maximum Gasteiger partial charge on any atom is 0.233 e. The van der Waals surface area contributed by atoms with Crippen molar-refractivity contribution in [2.24, 2.45) is 5.92 Å². The van der Waals surface area contributed by atoms with Gasteiger partial charge in [-0.3, -0.25) is 4.79 Å². The van der Waals surface area contributed by atoms with E-state index in [0.29, 0.717) is 11.8 Å². The number of thiophene rings is 1. The maximum absolute atomic E-state index is 12.7. The van der Waals surface area contributed by atoms with Gasteiger partial charge in [-0.15, -0.1) is 11.3 Å². The average molecular weight is 390 g/mol. The lowest BCUT2D eigenvalue weighted by Gasteiger charge is -2.33. The number of nitrogens with zero attached hydrogens (tertiary/aromatic N) is 3. The first-order valence-corrected chi connectivity index (χ1v) is 11.5. The van der Waals surface area contributed by atoms with Crippen LogP contribution in [-0.2, 0) is 17.6 Å². The third-order valence-corrected chi connectivity index (χ3v) is 7.80. The van der Waals surface area contributed by atoms with Gasteiger partial charge in [-0.25, -0.2) is 9.97 Å². The molecule has 4 nitrogen and oxygen atoms in total. The number of rotatable bonds is 3. The zero-order valence-electron chi connectivity index (χ0n) is 15.9. The Balaban J connectivity index is 1.59. The molecule has 0 N–H and O–H groups in total. The molecule has 2 aromatic heterocycles. The second kappa shape index (κ2) is 7.47. The summed E-state index contributed by atoms with van der Waals surface area (Å²) in [5.74, 6) is 2.30. The molecule has 26 heavy (non-hydrogen) atoms. The van der Waals surface area contributed by atoms with Crippen LogP contribution in [0.25, 0.3) is 10.2 Å². The maximum atomic E-state index is 12.7. The number of hydrogen-bond donors (Lipinski definition) is 0. The summed E-state index contributed by atoms with van der Waals surface area (Å²) in [6.45, 7) is 7.37. The van der Waals surface area contributed by atoms with Crippen molar-refractivity contribution in [2.45, 2.75) is 70.4 Å². The molecule has 2 aromatic rings. The first kappa shape index (κ1) is 18.2. The zero-order valence-corrected chi connectivity index (χ0v) is 17.5. The summed E-state index contributed by atoms with van der Waals surface area (Å²) in [4.78, 5) is 26.8. The number of aryl methyl sites for hydroxylation is 2. The molecule has 4 rings (SSSR count). The summed E-state index contributed by atoms with van der Waals surface area (Å²) in [5, 5.41) is 2.24. The van der Waals surface area contributed by atoms with Gasteiger partial charge in [0.15, 0.2) is 0 Å². The summed E-state index contributed by atoms with van der Waals surface area (Å²) in [7, 11) is 0. The monoisotopic (exact) mass is 389 g/mol. The molecule has 1 saturated heterocycles. The van der Waals surface area contributed by atoms with Crippen molar-refractivity contribution in [3.8, 4) is 0 Å². The first-order valence-electron chi connectivity index (χ1n) is 9.74. The number of thioether (sulfide) groups is 1. The molecule has 140 valence electrons. The third kappa shape index (κ3) is 3.50. The van der Waals surface area contributed by atoms with Gasteiger partial charge in [0.05, 0.1) is 5.75 Å². The van der Waals surface area contributed by atoms with Crippen molar-refractivity contribution >= 4 is 39.2 Å². The molecule has 3 heterocycles. The number of hydrogen-bond acceptors (Lipinski definition) is 5. The smallest absolute Gasteiger partial charge is 0.233 e. The molecule has 0 spiro atoms. The van der Waals surface area contributed by atoms with Gasteiger partial charge in [0.2, 0.25) is 5.91 Å². The van der Waals surface area contributed by atoms with Crippen LogP contribution in [0.5, 0.6) is 0 Å². The molecule has 6 heteroatoms. The van der Waals surface area contributed by atoms with E-state index in [0.717, 1.165) is 53.8 Å². The summed E-state index contributed by atoms with van der Waals surface area (Å²) in [5.41, 5.74) is 1.45. The second-order valence-electron chi connectivity index (χ2n) is 7.83. The average Bonchev–Trinajstić information content (AvgIpc) is 2.96. The topological polar surface area (TPSA) is 46.1 Å². The van der Waals surface area contributed by atoms with Crippen LogP contribution in [0.15, 0.2) is 5.03 Å². The van der Waals surface area contributed by atoms with Crippen molar-refractivity contribution in [2.75, 3.05) is 12.3 Å². The Hall–Kier alpha value is -1.14. The Labute approximate surface area is 163 Å². The van der Waals surface area contributed by atoms with Crippen molar-refractivity contribution in [1.29, 1.82) is 0 Å². The molecule has 0 saturated carbocycles. The first-order chi connectivity index (χ1) is 12.5. The zero-order chi connectivity index (χ0) is 18.3. The number of fused-ring (bicyclic) bond motifs is 3. The fraction of sp³-hybridized carbons (Fsp3) is 0.650. The van der Waals surface area contributed by atoms with Gasteiger partial charge in [0.25, 0.3) is 0 Å². The molecule has 2 aliphatic rings. The van der Waals surface area contributed by atoms with Gasteiger partial charge in [-0.05, 0) is 63.9 Å². The van der Waals surface area contributed by atoms with E-state index in [1.807, 2.05) is 18.3 Å². The summed E-state index contributed by atoms with van der Waals surface area (Å²) in [6, 6.07) is 0.374. The highest BCUT2D eigenvalue weighted by molar-refractivity contribution is 8.00. The molecular weight excluding hydrogens is 362 g/mol. The lowest BCUT2D eigenvalue weighted by Crippen LogP contribution is -2.42. The van der Waals surface area contributed by atoms with E-state index in [4.69, 9.17) is 9.97 Å². The summed E-state index contributed by atoms with van der Waals surface area (Å²) >= 11 is 3.45. The second-order valence-corrected chi connectivity index (χ2v) is 9.88. The van der Waals surface area contributed by atoms with Crippen molar-refractivity contribution in [3.63, 3.8) is 0 Å². The predicted molar refractivity (Wildman–Crippen MR) is 109 cm³/mol. The van der Waals surface area contributed by atoms with Crippen molar-refractivity contribution in [3.05, 3.63) is 16.3 Å². The van der Waals surface area contributed by atoms with Gasteiger partial charge in [0.1, 0.15) is 15.7 Å². The normalized spacial score (nSPS) is 23.3. The van der Waals surface area contributed by atoms with Gasteiger partial charge >= 0.3 is 0 Å². The molecule has 2 atom stereocenters. The van der Waals surface area contributed by atoms with Gasteiger partial charge in [0, 0.05) is 22.8 Å². The number of amides is 1. The fourth-order valence-electron chi connectivity index (χ4n) is 4.20. The van der Waals surface area contributed by atoms with Gasteiger partial charge in [-0.1, -0.05) is 18.7 Å². The van der Waals surface area contributed by atoms with Crippen LogP contribution in [0.3, 0.4) is 0 Å². The standard InChI is InChI=1S/C20H27N3OS2/c1-12-7-8-15-16(10-12)26-20-18(15)19(21-14(3)22-20)25-11-17(24)23-9-5-4-6-13(23)2/h12-13H,4-11H2,1-3H3/t12-,13-/m0/s1. The number of likely N-dealkylation sites (tertiary alicyclic amines) is 1. The molecule has 0 radical (unpaired) electrons. The largest absolute Gasteiger partial charge is 0.339 e. The van der Waals surface area contributed by atoms with Crippen molar-refractivity contribution in [1.82, 2.24) is 14.9 Å². The summed E-state index contributed by atoms with van der Waals surface area (Å²) in [6.07, 6.45) is 7.01. The fourth-order valence-corrected chi connectivity index (χ4v) is 6.68. The minimum absolute atomic E-state index is 0.254. The number of carbonyl (C=O) groups excluding carboxylic acids is 1. The Bertz CT molecular complexity index is 832. The molecule has 1 aliphatic carbocycles. The Morgan fingerprint density at radius 3 is 2.92 bits per heavy atom. The molecule has 0 unspecified atom stereocenters. The van der Waals surface area contributed by atoms with Crippen molar-refractivity contribution < 1.29 is 4.79 Å². The van der Waals surface area contributed by atoms with Gasteiger partial charge in [-0.2, -0.15) is 0 Å². The SMILES string of the molecule is Cc1nc(SCC(=O)N2CCCC[C@@H]2C)c2c3c(sc2n1)C[C@@H](C)CC3. The molecule has 1 amide bonds. The molecular formula is C20H27N3OS2. The van der Waals surface area contributed by atoms with Crippen LogP contribution >= 0.6 is 23.1 Å². The van der Waals surface area contributed by atoms with E-state index in [1.165, 1.54) is 28.7 Å². The Kier molecular flexibility index (Phi) is 5.24. The van der Waals surface area contributed by atoms with Crippen LogP contribution in [0, 0.1) is 12.8 Å². The number of piperidine rings is 1. The Morgan fingerprint density at radius 2 is 2.12 bits per heavy atom. The van der Waals surface area contributed by atoms with E-state index in [-0.39, 0.29) is 5.91 Å². The molecule has 1 aliphatic heterocycles. The van der Waals surface area contributed by atoms with Crippen LogP contribution in [0.1, 0.15) is 55.8 Å². The van der Waals surface area contributed by atoms with E-state index in [9.17, 15) is 4.79 Å². The van der Waals surface area contributed by atoms with Gasteiger partial charge < -0.3 is 4.90 Å². The molecule has 0 bridgehead atoms. The molecule has 0 aromatic carbocycles. The van der Waals surface area contributed by atoms with Crippen LogP contribution in [0.4, 0.5) is 0 Å². The lowest BCUT2D eigenvalue weighted by atomic mass is 9.89. The quantitative estimate of drug-likeness (QED) is 0.568. The summed E-state index contributed by atoms with van der Waals surface area (Å²) < 4.78 is 0. The van der Waals surface area contributed by atoms with E-state index in [2.05, 4.69) is 18.7 Å². The number of aromatic nitrogens is 2. The number of carbonyl (C=O) groups is 1. The van der Waals surface area contributed by atoms with E-state index < -0.39 is 0 Å². The highest BCUT2D eigenvalue weighted by Crippen LogP contribution is 2.41.